The van der Waals surface area contributed by atoms with Crippen molar-refractivity contribution in [3.8, 4) is 11.8 Å². The number of amides is 1. The highest BCUT2D eigenvalue weighted by atomic mass is 16.2. The van der Waals surface area contributed by atoms with Crippen molar-refractivity contribution in [2.75, 3.05) is 13.7 Å². The number of aliphatic hydroxyl groups is 1. The molecule has 3 heteroatoms. The lowest BCUT2D eigenvalue weighted by Crippen LogP contribution is -2.44. The molecule has 0 saturated heterocycles. The normalized spacial score (nSPS) is 10.8. The molecule has 1 N–H and O–H groups in total. The fourth-order valence-electron chi connectivity index (χ4n) is 1.85. The van der Waals surface area contributed by atoms with Gasteiger partial charge in [-0.15, -0.1) is 0 Å². The molecule has 0 aromatic heterocycles. The van der Waals surface area contributed by atoms with Gasteiger partial charge in [0.2, 0.25) is 0 Å². The van der Waals surface area contributed by atoms with Gasteiger partial charge in [-0.05, 0) is 39.3 Å². The van der Waals surface area contributed by atoms with Crippen LogP contribution in [-0.4, -0.2) is 35.1 Å². The van der Waals surface area contributed by atoms with Crippen molar-refractivity contribution in [2.45, 2.75) is 46.1 Å². The number of carbonyl (C=O) groups excluding carboxylic acids is 1. The van der Waals surface area contributed by atoms with E-state index in [9.17, 15) is 4.79 Å². The van der Waals surface area contributed by atoms with Crippen LogP contribution in [0.3, 0.4) is 0 Å². The zero-order chi connectivity index (χ0) is 16.0. The summed E-state index contributed by atoms with van der Waals surface area (Å²) in [6, 6.07) is 5.71. The molecule has 1 aromatic carbocycles. The predicted octanol–water partition coefficient (Wildman–Crippen LogP) is 2.99. The topological polar surface area (TPSA) is 40.5 Å². The van der Waals surface area contributed by atoms with Crippen LogP contribution < -0.4 is 0 Å². The lowest BCUT2D eigenvalue weighted by atomic mass is 9.97. The Morgan fingerprint density at radius 1 is 1.38 bits per heavy atom. The molecular weight excluding hydrogens is 262 g/mol. The Morgan fingerprint density at radius 2 is 2.05 bits per heavy atom. The van der Waals surface area contributed by atoms with Crippen molar-refractivity contribution in [1.29, 1.82) is 0 Å². The fourth-order valence-corrected chi connectivity index (χ4v) is 1.85. The summed E-state index contributed by atoms with van der Waals surface area (Å²) in [5.74, 6) is 5.86. The van der Waals surface area contributed by atoms with Gasteiger partial charge in [-0.1, -0.05) is 30.4 Å². The minimum absolute atomic E-state index is 0.0150. The van der Waals surface area contributed by atoms with Crippen LogP contribution in [0, 0.1) is 18.8 Å². The van der Waals surface area contributed by atoms with Gasteiger partial charge >= 0.3 is 0 Å². The number of benzene rings is 1. The molecular formula is C18H25NO2. The van der Waals surface area contributed by atoms with Crippen molar-refractivity contribution in [2.24, 2.45) is 0 Å². The van der Waals surface area contributed by atoms with Crippen LogP contribution in [0.4, 0.5) is 0 Å². The van der Waals surface area contributed by atoms with Crippen LogP contribution >= 0.6 is 0 Å². The Kier molecular flexibility index (Phi) is 5.99. The summed E-state index contributed by atoms with van der Waals surface area (Å²) in [6.07, 6.45) is 1.30. The maximum absolute atomic E-state index is 12.8. The van der Waals surface area contributed by atoms with Crippen LogP contribution in [0.5, 0.6) is 0 Å². The highest BCUT2D eigenvalue weighted by Crippen LogP contribution is 2.21. The van der Waals surface area contributed by atoms with Gasteiger partial charge in [0.15, 0.2) is 0 Å². The molecule has 1 amide bonds. The van der Waals surface area contributed by atoms with Crippen molar-refractivity contribution >= 4 is 5.91 Å². The molecule has 0 saturated carbocycles. The lowest BCUT2D eigenvalue weighted by molar-refractivity contribution is 0.0620. The number of aliphatic hydroxyl groups excluding tert-OH is 1. The summed E-state index contributed by atoms with van der Waals surface area (Å²) in [5, 5.41) is 8.82. The maximum Gasteiger partial charge on any atom is 0.255 e. The Morgan fingerprint density at radius 3 is 2.62 bits per heavy atom. The Balaban J connectivity index is 3.20. The summed E-state index contributed by atoms with van der Waals surface area (Å²) < 4.78 is 0. The lowest BCUT2D eigenvalue weighted by Gasteiger charge is -2.35. The van der Waals surface area contributed by atoms with Gasteiger partial charge in [0.05, 0.1) is 12.2 Å². The summed E-state index contributed by atoms with van der Waals surface area (Å²) in [4.78, 5) is 14.5. The van der Waals surface area contributed by atoms with E-state index in [1.165, 1.54) is 0 Å². The van der Waals surface area contributed by atoms with Gasteiger partial charge in [0.25, 0.3) is 5.91 Å². The molecule has 0 aliphatic carbocycles. The minimum atomic E-state index is -0.198. The Labute approximate surface area is 128 Å². The zero-order valence-corrected chi connectivity index (χ0v) is 13.7. The van der Waals surface area contributed by atoms with E-state index < -0.39 is 0 Å². The fraction of sp³-hybridized carbons (Fsp3) is 0.500. The van der Waals surface area contributed by atoms with Gasteiger partial charge in [-0.25, -0.2) is 0 Å². The first-order valence-electron chi connectivity index (χ1n) is 7.32. The average molecular weight is 287 g/mol. The zero-order valence-electron chi connectivity index (χ0n) is 13.7. The summed E-state index contributed by atoms with van der Waals surface area (Å²) in [7, 11) is 1.83. The molecule has 0 bridgehead atoms. The van der Waals surface area contributed by atoms with Crippen LogP contribution in [0.2, 0.25) is 0 Å². The van der Waals surface area contributed by atoms with E-state index >= 15 is 0 Å². The highest BCUT2D eigenvalue weighted by Gasteiger charge is 2.27. The Hall–Kier alpha value is -1.79. The van der Waals surface area contributed by atoms with E-state index in [-0.39, 0.29) is 18.1 Å². The molecule has 1 rings (SSSR count). The molecule has 0 aliphatic rings. The van der Waals surface area contributed by atoms with E-state index in [1.807, 2.05) is 32.2 Å². The van der Waals surface area contributed by atoms with Gasteiger partial charge in [0, 0.05) is 24.6 Å². The second-order valence-electron chi connectivity index (χ2n) is 5.85. The van der Waals surface area contributed by atoms with Crippen molar-refractivity contribution < 1.29 is 9.90 Å². The molecule has 1 aromatic rings. The number of carbonyl (C=O) groups is 1. The van der Waals surface area contributed by atoms with Crippen LogP contribution in [-0.2, 0) is 0 Å². The summed E-state index contributed by atoms with van der Waals surface area (Å²) >= 11 is 0. The SMILES string of the molecule is CCC(C)(C)N(C)C(=O)c1cc(C)ccc1C#CCCO. The average Bonchev–Trinajstić information content (AvgIpc) is 2.47. The molecule has 21 heavy (non-hydrogen) atoms. The third-order valence-electron chi connectivity index (χ3n) is 3.94. The van der Waals surface area contributed by atoms with Crippen LogP contribution in [0.1, 0.15) is 55.1 Å². The van der Waals surface area contributed by atoms with E-state index in [2.05, 4.69) is 32.6 Å². The minimum Gasteiger partial charge on any atom is -0.395 e. The number of aryl methyl sites for hydroxylation is 1. The van der Waals surface area contributed by atoms with E-state index in [0.717, 1.165) is 17.5 Å². The monoisotopic (exact) mass is 287 g/mol. The van der Waals surface area contributed by atoms with Crippen molar-refractivity contribution in [3.05, 3.63) is 34.9 Å². The first-order chi connectivity index (χ1) is 9.83. The molecule has 0 aliphatic heterocycles. The van der Waals surface area contributed by atoms with E-state index in [1.54, 1.807) is 4.90 Å². The second kappa shape index (κ2) is 7.28. The van der Waals surface area contributed by atoms with Crippen LogP contribution in [0.25, 0.3) is 0 Å². The third-order valence-corrected chi connectivity index (χ3v) is 3.94. The van der Waals surface area contributed by atoms with Gasteiger partial charge in [0.1, 0.15) is 0 Å². The van der Waals surface area contributed by atoms with Crippen LogP contribution in [0.15, 0.2) is 18.2 Å². The van der Waals surface area contributed by atoms with Gasteiger partial charge < -0.3 is 10.0 Å². The second-order valence-corrected chi connectivity index (χ2v) is 5.85. The van der Waals surface area contributed by atoms with E-state index in [0.29, 0.717) is 12.0 Å². The molecule has 0 atom stereocenters. The smallest absolute Gasteiger partial charge is 0.255 e. The summed E-state index contributed by atoms with van der Waals surface area (Å²) in [6.45, 7) is 8.18. The van der Waals surface area contributed by atoms with Crippen molar-refractivity contribution in [1.82, 2.24) is 4.90 Å². The molecule has 0 heterocycles. The first kappa shape index (κ1) is 17.3. The molecule has 0 radical (unpaired) electrons. The maximum atomic E-state index is 12.8. The number of hydrogen-bond acceptors (Lipinski definition) is 2. The molecule has 0 spiro atoms. The molecule has 3 nitrogen and oxygen atoms in total. The summed E-state index contributed by atoms with van der Waals surface area (Å²) in [5.41, 5.74) is 2.19. The van der Waals surface area contributed by atoms with Gasteiger partial charge in [-0.2, -0.15) is 0 Å². The molecule has 114 valence electrons. The third kappa shape index (κ3) is 4.34. The predicted molar refractivity (Wildman–Crippen MR) is 86.2 cm³/mol. The standard InChI is InChI=1S/C18H25NO2/c1-6-18(3,4)19(5)17(21)16-13-14(2)10-11-15(16)9-7-8-12-20/h10-11,13,20H,6,8,12H2,1-5H3. The van der Waals surface area contributed by atoms with Gasteiger partial charge in [-0.3, -0.25) is 4.79 Å². The molecule has 0 fully saturated rings. The number of hydrogen-bond donors (Lipinski definition) is 1. The van der Waals surface area contributed by atoms with E-state index in [4.69, 9.17) is 5.11 Å². The largest absolute Gasteiger partial charge is 0.395 e. The highest BCUT2D eigenvalue weighted by molar-refractivity contribution is 5.97. The quantitative estimate of drug-likeness (QED) is 0.865. The first-order valence-corrected chi connectivity index (χ1v) is 7.32. The number of nitrogens with zero attached hydrogens (tertiary/aromatic N) is 1. The van der Waals surface area contributed by atoms with Crippen molar-refractivity contribution in [3.63, 3.8) is 0 Å². The number of rotatable bonds is 4. The molecule has 0 unspecified atom stereocenters. The Bertz CT molecular complexity index is 564.